The van der Waals surface area contributed by atoms with E-state index in [9.17, 15) is 0 Å². The Labute approximate surface area is 141 Å². The molecule has 7 heteroatoms. The Bertz CT molecular complexity index is 849. The van der Waals surface area contributed by atoms with Crippen molar-refractivity contribution in [2.24, 2.45) is 0 Å². The second-order valence-electron chi connectivity index (χ2n) is 6.00. The summed E-state index contributed by atoms with van der Waals surface area (Å²) in [6.45, 7) is 7.93. The fourth-order valence-electron chi connectivity index (χ4n) is 3.39. The van der Waals surface area contributed by atoms with Gasteiger partial charge < -0.3 is 9.80 Å². The van der Waals surface area contributed by atoms with Crippen molar-refractivity contribution >= 4 is 17.2 Å². The molecule has 4 rings (SSSR count). The van der Waals surface area contributed by atoms with Crippen LogP contribution in [0.25, 0.3) is 5.52 Å². The number of aryl methyl sites for hydroxylation is 1. The van der Waals surface area contributed by atoms with Gasteiger partial charge in [0.05, 0.1) is 6.20 Å². The van der Waals surface area contributed by atoms with Crippen LogP contribution in [-0.4, -0.2) is 50.7 Å². The van der Waals surface area contributed by atoms with Crippen LogP contribution in [-0.2, 0) is 6.42 Å². The summed E-state index contributed by atoms with van der Waals surface area (Å²) in [5.74, 6) is 2.09. The topological polar surface area (TPSA) is 62.5 Å². The molecule has 1 saturated heterocycles. The number of rotatable bonds is 3. The summed E-state index contributed by atoms with van der Waals surface area (Å²) >= 11 is 0. The highest BCUT2D eigenvalue weighted by Gasteiger charge is 2.22. The molecule has 4 heterocycles. The van der Waals surface area contributed by atoms with E-state index in [0.29, 0.717) is 0 Å². The average Bonchev–Trinajstić information content (AvgIpc) is 3.10. The fraction of sp³-hybridized carbons (Fsp3) is 0.412. The van der Waals surface area contributed by atoms with E-state index in [1.807, 2.05) is 29.2 Å². The quantitative estimate of drug-likeness (QED) is 0.731. The molecule has 3 aromatic heterocycles. The Morgan fingerprint density at radius 2 is 1.71 bits per heavy atom. The lowest BCUT2D eigenvalue weighted by atomic mass is 10.1. The largest absolute Gasteiger partial charge is 0.353 e. The summed E-state index contributed by atoms with van der Waals surface area (Å²) in [5, 5.41) is 4.29. The molecule has 0 spiro atoms. The maximum absolute atomic E-state index is 4.57. The predicted octanol–water partition coefficient (Wildman–Crippen LogP) is 1.72. The molecule has 0 aromatic carbocycles. The van der Waals surface area contributed by atoms with Crippen LogP contribution in [0.15, 0.2) is 31.0 Å². The number of anilines is 2. The van der Waals surface area contributed by atoms with E-state index in [4.69, 9.17) is 0 Å². The van der Waals surface area contributed by atoms with Crippen LogP contribution < -0.4 is 9.80 Å². The minimum Gasteiger partial charge on any atom is -0.353 e. The number of hydrogen-bond acceptors (Lipinski definition) is 6. The molecule has 0 saturated carbocycles. The summed E-state index contributed by atoms with van der Waals surface area (Å²) < 4.78 is 1.87. The highest BCUT2D eigenvalue weighted by Crippen LogP contribution is 2.24. The third-order valence-electron chi connectivity index (χ3n) is 4.67. The predicted molar refractivity (Wildman–Crippen MR) is 93.6 cm³/mol. The van der Waals surface area contributed by atoms with Crippen molar-refractivity contribution in [3.63, 3.8) is 0 Å². The second-order valence-corrected chi connectivity index (χ2v) is 6.00. The molecule has 7 nitrogen and oxygen atoms in total. The molecular weight excluding hydrogens is 302 g/mol. The molecule has 0 amide bonds. The molecule has 124 valence electrons. The van der Waals surface area contributed by atoms with Gasteiger partial charge in [0.1, 0.15) is 17.7 Å². The van der Waals surface area contributed by atoms with E-state index in [1.165, 1.54) is 5.56 Å². The van der Waals surface area contributed by atoms with Crippen molar-refractivity contribution in [2.45, 2.75) is 20.3 Å². The second kappa shape index (κ2) is 6.07. The Kier molecular flexibility index (Phi) is 3.76. The molecule has 0 atom stereocenters. The van der Waals surface area contributed by atoms with Gasteiger partial charge in [0, 0.05) is 49.8 Å². The van der Waals surface area contributed by atoms with Crippen LogP contribution in [0.2, 0.25) is 0 Å². The lowest BCUT2D eigenvalue weighted by Gasteiger charge is -2.37. The van der Waals surface area contributed by atoms with Crippen LogP contribution in [0.1, 0.15) is 18.2 Å². The maximum Gasteiger partial charge on any atom is 0.154 e. The van der Waals surface area contributed by atoms with Gasteiger partial charge >= 0.3 is 0 Å². The molecule has 1 aliphatic rings. The zero-order chi connectivity index (χ0) is 16.5. The van der Waals surface area contributed by atoms with Crippen molar-refractivity contribution in [1.29, 1.82) is 0 Å². The third kappa shape index (κ3) is 2.46. The fourth-order valence-corrected chi connectivity index (χ4v) is 3.39. The number of hydrogen-bond donors (Lipinski definition) is 0. The van der Waals surface area contributed by atoms with Gasteiger partial charge in [-0.2, -0.15) is 5.10 Å². The van der Waals surface area contributed by atoms with Crippen molar-refractivity contribution in [3.8, 4) is 0 Å². The van der Waals surface area contributed by atoms with Crippen molar-refractivity contribution < 1.29 is 0 Å². The standard InChI is InChI=1S/C17H21N7/c1-3-14-13(2)19-12-20-16(14)22-8-10-23(11-9-22)17-15-4-5-21-24(15)7-6-18-17/h4-7,12H,3,8-11H2,1-2H3. The third-order valence-corrected chi connectivity index (χ3v) is 4.67. The van der Waals surface area contributed by atoms with Gasteiger partial charge in [0.15, 0.2) is 5.82 Å². The van der Waals surface area contributed by atoms with Crippen LogP contribution in [0, 0.1) is 6.92 Å². The summed E-state index contributed by atoms with van der Waals surface area (Å²) in [6, 6.07) is 2.01. The SMILES string of the molecule is CCc1c(C)ncnc1N1CCN(c2nccn3nccc23)CC1. The van der Waals surface area contributed by atoms with Crippen LogP contribution in [0.5, 0.6) is 0 Å². The van der Waals surface area contributed by atoms with E-state index in [2.05, 4.69) is 43.7 Å². The normalized spacial score (nSPS) is 15.2. The van der Waals surface area contributed by atoms with E-state index in [0.717, 1.165) is 55.4 Å². The zero-order valence-electron chi connectivity index (χ0n) is 14.1. The molecule has 0 aliphatic carbocycles. The molecule has 0 bridgehead atoms. The highest BCUT2D eigenvalue weighted by molar-refractivity contribution is 5.68. The number of piperazine rings is 1. The van der Waals surface area contributed by atoms with Crippen molar-refractivity contribution in [1.82, 2.24) is 24.6 Å². The minimum absolute atomic E-state index is 0.921. The molecular formula is C17H21N7. The van der Waals surface area contributed by atoms with Crippen LogP contribution in [0.3, 0.4) is 0 Å². The average molecular weight is 323 g/mol. The summed E-state index contributed by atoms with van der Waals surface area (Å²) in [6.07, 6.45) is 8.13. The first-order chi connectivity index (χ1) is 11.8. The Morgan fingerprint density at radius 3 is 2.46 bits per heavy atom. The lowest BCUT2D eigenvalue weighted by Crippen LogP contribution is -2.47. The summed E-state index contributed by atoms with van der Waals surface area (Å²) in [4.78, 5) is 18.1. The molecule has 1 aliphatic heterocycles. The van der Waals surface area contributed by atoms with Crippen molar-refractivity contribution in [3.05, 3.63) is 42.2 Å². The Balaban J connectivity index is 1.55. The first-order valence-corrected chi connectivity index (χ1v) is 8.36. The minimum atomic E-state index is 0.921. The monoisotopic (exact) mass is 323 g/mol. The highest BCUT2D eigenvalue weighted by atomic mass is 15.3. The van der Waals surface area contributed by atoms with Gasteiger partial charge in [0.2, 0.25) is 0 Å². The molecule has 0 N–H and O–H groups in total. The molecule has 0 radical (unpaired) electrons. The van der Waals surface area contributed by atoms with Gasteiger partial charge in [-0.15, -0.1) is 0 Å². The number of aromatic nitrogens is 5. The van der Waals surface area contributed by atoms with Gasteiger partial charge in [-0.25, -0.2) is 19.5 Å². The van der Waals surface area contributed by atoms with Gasteiger partial charge in [0.25, 0.3) is 0 Å². The molecule has 24 heavy (non-hydrogen) atoms. The van der Waals surface area contributed by atoms with Crippen LogP contribution >= 0.6 is 0 Å². The lowest BCUT2D eigenvalue weighted by molar-refractivity contribution is 0.637. The van der Waals surface area contributed by atoms with Gasteiger partial charge in [-0.3, -0.25) is 0 Å². The molecule has 1 fully saturated rings. The van der Waals surface area contributed by atoms with Crippen LogP contribution in [0.4, 0.5) is 11.6 Å². The smallest absolute Gasteiger partial charge is 0.154 e. The van der Waals surface area contributed by atoms with E-state index in [-0.39, 0.29) is 0 Å². The van der Waals surface area contributed by atoms with E-state index >= 15 is 0 Å². The first-order valence-electron chi connectivity index (χ1n) is 8.36. The summed E-state index contributed by atoms with van der Waals surface area (Å²) in [5.41, 5.74) is 3.38. The maximum atomic E-state index is 4.57. The van der Waals surface area contributed by atoms with Crippen molar-refractivity contribution in [2.75, 3.05) is 36.0 Å². The number of nitrogens with zero attached hydrogens (tertiary/aromatic N) is 7. The molecule has 3 aromatic rings. The van der Waals surface area contributed by atoms with Gasteiger partial charge in [-0.1, -0.05) is 6.92 Å². The Morgan fingerprint density at radius 1 is 0.958 bits per heavy atom. The van der Waals surface area contributed by atoms with E-state index in [1.54, 1.807) is 6.33 Å². The van der Waals surface area contributed by atoms with E-state index < -0.39 is 0 Å². The van der Waals surface area contributed by atoms with Gasteiger partial charge in [-0.05, 0) is 19.4 Å². The first kappa shape index (κ1) is 14.9. The molecule has 0 unspecified atom stereocenters. The summed E-state index contributed by atoms with van der Waals surface area (Å²) in [7, 11) is 0. The zero-order valence-corrected chi connectivity index (χ0v) is 14.1. The number of fused-ring (bicyclic) bond motifs is 1. The Hall–Kier alpha value is -2.70.